The molecule has 0 saturated heterocycles. The first-order valence-electron chi connectivity index (χ1n) is 7.35. The fourth-order valence-electron chi connectivity index (χ4n) is 2.92. The molecule has 1 aliphatic heterocycles. The molecule has 0 unspecified atom stereocenters. The van der Waals surface area contributed by atoms with Crippen LogP contribution in [0.2, 0.25) is 0 Å². The largest absolute Gasteiger partial charge is 0.465 e. The Labute approximate surface area is 139 Å². The monoisotopic (exact) mass is 349 g/mol. The average Bonchev–Trinajstić information content (AvgIpc) is 2.97. The van der Waals surface area contributed by atoms with E-state index in [9.17, 15) is 17.6 Å². The summed E-state index contributed by atoms with van der Waals surface area (Å²) in [5.74, 6) is -1.09. The molecule has 0 bridgehead atoms. The van der Waals surface area contributed by atoms with Gasteiger partial charge in [-0.2, -0.15) is 0 Å². The van der Waals surface area contributed by atoms with Gasteiger partial charge in [0.25, 0.3) is 10.0 Å². The highest BCUT2D eigenvalue weighted by molar-refractivity contribution is 7.93. The molecule has 0 atom stereocenters. The Morgan fingerprint density at radius 3 is 2.71 bits per heavy atom. The van der Waals surface area contributed by atoms with Gasteiger partial charge in [-0.3, -0.25) is 4.31 Å². The molecule has 1 heterocycles. The van der Waals surface area contributed by atoms with Crippen molar-refractivity contribution < 1.29 is 22.3 Å². The number of fused-ring (bicyclic) bond motifs is 1. The zero-order chi connectivity index (χ0) is 17.5. The topological polar surface area (TPSA) is 63.7 Å². The van der Waals surface area contributed by atoms with E-state index < -0.39 is 21.8 Å². The van der Waals surface area contributed by atoms with Crippen molar-refractivity contribution >= 4 is 21.7 Å². The second kappa shape index (κ2) is 5.90. The van der Waals surface area contributed by atoms with Crippen LogP contribution in [0.5, 0.6) is 0 Å². The van der Waals surface area contributed by atoms with Crippen molar-refractivity contribution in [3.05, 3.63) is 58.9 Å². The molecule has 0 spiro atoms. The predicted molar refractivity (Wildman–Crippen MR) is 87.2 cm³/mol. The van der Waals surface area contributed by atoms with Crippen molar-refractivity contribution in [2.24, 2.45) is 0 Å². The quantitative estimate of drug-likeness (QED) is 0.799. The molecule has 0 amide bonds. The van der Waals surface area contributed by atoms with Gasteiger partial charge in [-0.05, 0) is 48.7 Å². The number of anilines is 1. The molecule has 2 aromatic rings. The standard InChI is InChI=1S/C17H16FNO4S/c1-11-14(17(20)23-2)4-3-5-16(11)24(21,22)19-9-8-12-6-7-13(18)10-15(12)19/h3-7,10H,8-9H2,1-2H3. The Morgan fingerprint density at radius 2 is 2.00 bits per heavy atom. The van der Waals surface area contributed by atoms with Crippen LogP contribution in [0.1, 0.15) is 21.5 Å². The third-order valence-corrected chi connectivity index (χ3v) is 6.12. The number of hydrogen-bond acceptors (Lipinski definition) is 4. The number of esters is 1. The molecule has 5 nitrogen and oxygen atoms in total. The van der Waals surface area contributed by atoms with Crippen molar-refractivity contribution in [3.8, 4) is 0 Å². The van der Waals surface area contributed by atoms with Crippen molar-refractivity contribution in [1.82, 2.24) is 0 Å². The lowest BCUT2D eigenvalue weighted by Gasteiger charge is -2.21. The summed E-state index contributed by atoms with van der Waals surface area (Å²) in [6.45, 7) is 1.80. The van der Waals surface area contributed by atoms with E-state index in [1.807, 2.05) is 0 Å². The molecule has 0 radical (unpaired) electrons. The molecule has 0 aromatic heterocycles. The van der Waals surface area contributed by atoms with Crippen molar-refractivity contribution in [2.75, 3.05) is 18.0 Å². The Kier molecular flexibility index (Phi) is 4.04. The zero-order valence-electron chi connectivity index (χ0n) is 13.2. The lowest BCUT2D eigenvalue weighted by molar-refractivity contribution is 0.0599. The van der Waals surface area contributed by atoms with Gasteiger partial charge in [-0.25, -0.2) is 17.6 Å². The number of carbonyl (C=O) groups is 1. The SMILES string of the molecule is COC(=O)c1cccc(S(=O)(=O)N2CCc3ccc(F)cc32)c1C. The molecule has 0 N–H and O–H groups in total. The number of benzene rings is 2. The van der Waals surface area contributed by atoms with E-state index in [2.05, 4.69) is 4.74 Å². The van der Waals surface area contributed by atoms with Crippen LogP contribution >= 0.6 is 0 Å². The Balaban J connectivity index is 2.11. The van der Waals surface area contributed by atoms with Crippen LogP contribution in [0, 0.1) is 12.7 Å². The van der Waals surface area contributed by atoms with E-state index in [1.165, 1.54) is 41.7 Å². The van der Waals surface area contributed by atoms with Gasteiger partial charge in [0.15, 0.2) is 0 Å². The smallest absolute Gasteiger partial charge is 0.338 e. The first kappa shape index (κ1) is 16.4. The molecule has 0 fully saturated rings. The fourth-order valence-corrected chi connectivity index (χ4v) is 4.66. The summed E-state index contributed by atoms with van der Waals surface area (Å²) in [4.78, 5) is 11.8. The Morgan fingerprint density at radius 1 is 1.25 bits per heavy atom. The molecule has 2 aromatic carbocycles. The molecular weight excluding hydrogens is 333 g/mol. The molecule has 7 heteroatoms. The molecule has 0 saturated carbocycles. The first-order chi connectivity index (χ1) is 11.4. The van der Waals surface area contributed by atoms with E-state index in [-0.39, 0.29) is 17.0 Å². The van der Waals surface area contributed by atoms with Crippen LogP contribution in [0.4, 0.5) is 10.1 Å². The van der Waals surface area contributed by atoms with Crippen LogP contribution in [0.3, 0.4) is 0 Å². The predicted octanol–water partition coefficient (Wildman–Crippen LogP) is 2.67. The van der Waals surface area contributed by atoms with Crippen LogP contribution in [0.15, 0.2) is 41.3 Å². The number of hydrogen-bond donors (Lipinski definition) is 0. The minimum Gasteiger partial charge on any atom is -0.465 e. The minimum absolute atomic E-state index is 0.0162. The van der Waals surface area contributed by atoms with Crippen LogP contribution in [0.25, 0.3) is 0 Å². The maximum Gasteiger partial charge on any atom is 0.338 e. The van der Waals surface area contributed by atoms with Gasteiger partial charge in [0.2, 0.25) is 0 Å². The second-order valence-electron chi connectivity index (χ2n) is 5.52. The number of methoxy groups -OCH3 is 1. The van der Waals surface area contributed by atoms with E-state index >= 15 is 0 Å². The normalized spacial score (nSPS) is 13.7. The van der Waals surface area contributed by atoms with Gasteiger partial charge in [0, 0.05) is 6.54 Å². The molecule has 3 rings (SSSR count). The molecular formula is C17H16FNO4S. The molecule has 1 aliphatic rings. The van der Waals surface area contributed by atoms with E-state index in [1.54, 1.807) is 13.0 Å². The van der Waals surface area contributed by atoms with Crippen molar-refractivity contribution in [1.29, 1.82) is 0 Å². The summed E-state index contributed by atoms with van der Waals surface area (Å²) in [5, 5.41) is 0. The summed E-state index contributed by atoms with van der Waals surface area (Å²) in [5.41, 5.74) is 1.63. The number of nitrogens with zero attached hydrogens (tertiary/aromatic N) is 1. The average molecular weight is 349 g/mol. The summed E-state index contributed by atoms with van der Waals surface area (Å²) >= 11 is 0. The first-order valence-corrected chi connectivity index (χ1v) is 8.79. The number of rotatable bonds is 3. The summed E-state index contributed by atoms with van der Waals surface area (Å²) in [6, 6.07) is 8.58. The third-order valence-electron chi connectivity index (χ3n) is 4.16. The number of sulfonamides is 1. The zero-order valence-corrected chi connectivity index (χ0v) is 14.1. The second-order valence-corrected chi connectivity index (χ2v) is 7.35. The van der Waals surface area contributed by atoms with Gasteiger partial charge in [-0.1, -0.05) is 12.1 Å². The lowest BCUT2D eigenvalue weighted by Crippen LogP contribution is -2.30. The highest BCUT2D eigenvalue weighted by Crippen LogP contribution is 2.34. The number of ether oxygens (including phenoxy) is 1. The number of carbonyl (C=O) groups excluding carboxylic acids is 1. The number of halogens is 1. The Bertz CT molecular complexity index is 924. The van der Waals surface area contributed by atoms with Gasteiger partial charge >= 0.3 is 5.97 Å². The summed E-state index contributed by atoms with van der Waals surface area (Å²) in [6.07, 6.45) is 0.518. The maximum absolute atomic E-state index is 13.5. The van der Waals surface area contributed by atoms with E-state index in [4.69, 9.17) is 0 Å². The molecule has 126 valence electrons. The highest BCUT2D eigenvalue weighted by atomic mass is 32.2. The molecule has 0 aliphatic carbocycles. The summed E-state index contributed by atoms with van der Waals surface area (Å²) in [7, 11) is -2.67. The summed E-state index contributed by atoms with van der Waals surface area (Å²) < 4.78 is 45.5. The van der Waals surface area contributed by atoms with Crippen LogP contribution < -0.4 is 4.31 Å². The minimum atomic E-state index is -3.90. The van der Waals surface area contributed by atoms with E-state index in [0.717, 1.165) is 5.56 Å². The van der Waals surface area contributed by atoms with Gasteiger partial charge in [0.1, 0.15) is 5.82 Å². The van der Waals surface area contributed by atoms with Crippen LogP contribution in [-0.2, 0) is 21.2 Å². The van der Waals surface area contributed by atoms with Gasteiger partial charge < -0.3 is 4.74 Å². The van der Waals surface area contributed by atoms with Gasteiger partial charge in [0.05, 0.1) is 23.3 Å². The van der Waals surface area contributed by atoms with Crippen molar-refractivity contribution in [2.45, 2.75) is 18.2 Å². The molecule has 24 heavy (non-hydrogen) atoms. The van der Waals surface area contributed by atoms with Crippen LogP contribution in [-0.4, -0.2) is 28.0 Å². The van der Waals surface area contributed by atoms with E-state index in [0.29, 0.717) is 17.7 Å². The highest BCUT2D eigenvalue weighted by Gasteiger charge is 2.33. The van der Waals surface area contributed by atoms with Gasteiger partial charge in [-0.15, -0.1) is 0 Å². The van der Waals surface area contributed by atoms with Crippen molar-refractivity contribution in [3.63, 3.8) is 0 Å². The lowest BCUT2D eigenvalue weighted by atomic mass is 10.1. The Hall–Kier alpha value is -2.41. The third kappa shape index (κ3) is 2.54. The fraction of sp³-hybridized carbons (Fsp3) is 0.235. The maximum atomic E-state index is 13.5.